The molecule has 78 valence electrons. The second-order valence-electron chi connectivity index (χ2n) is 4.15. The van der Waals surface area contributed by atoms with Gasteiger partial charge in [0.05, 0.1) is 0 Å². The summed E-state index contributed by atoms with van der Waals surface area (Å²) in [6.45, 7) is 6.58. The molecule has 0 amide bonds. The van der Waals surface area contributed by atoms with Crippen molar-refractivity contribution in [3.8, 4) is 0 Å². The highest BCUT2D eigenvalue weighted by Gasteiger charge is 2.15. The number of benzene rings is 1. The lowest BCUT2D eigenvalue weighted by Crippen LogP contribution is -2.19. The van der Waals surface area contributed by atoms with Gasteiger partial charge in [-0.2, -0.15) is 0 Å². The van der Waals surface area contributed by atoms with Crippen molar-refractivity contribution in [3.63, 3.8) is 0 Å². The highest BCUT2D eigenvalue weighted by Crippen LogP contribution is 2.25. The molecule has 1 aromatic carbocycles. The van der Waals surface area contributed by atoms with Gasteiger partial charge in [-0.25, -0.2) is 0 Å². The van der Waals surface area contributed by atoms with Crippen LogP contribution in [0.5, 0.6) is 0 Å². The Kier molecular flexibility index (Phi) is 4.15. The third-order valence-electron chi connectivity index (χ3n) is 2.90. The number of hydrogen-bond acceptors (Lipinski definition) is 1. The van der Waals surface area contributed by atoms with Crippen molar-refractivity contribution in [1.29, 1.82) is 0 Å². The Morgan fingerprint density at radius 1 is 1.29 bits per heavy atom. The predicted octanol–water partition coefficient (Wildman–Crippen LogP) is 3.43. The van der Waals surface area contributed by atoms with Crippen molar-refractivity contribution < 1.29 is 0 Å². The molecule has 0 aliphatic heterocycles. The van der Waals surface area contributed by atoms with E-state index in [1.165, 1.54) is 24.0 Å². The number of nitrogens with two attached hydrogens (primary N) is 1. The first-order valence-corrected chi connectivity index (χ1v) is 5.48. The molecular weight excluding hydrogens is 170 g/mol. The van der Waals surface area contributed by atoms with Crippen LogP contribution in [0.2, 0.25) is 0 Å². The standard InChI is InChI=1S/C13H21N/c1-4-7-11(3)13(14)12-9-6-5-8-10(12)2/h5-6,8-9,11,13H,4,7,14H2,1-3H3. The SMILES string of the molecule is CCCC(C)C(N)c1ccccc1C. The van der Waals surface area contributed by atoms with Gasteiger partial charge >= 0.3 is 0 Å². The monoisotopic (exact) mass is 191 g/mol. The van der Waals surface area contributed by atoms with Crippen LogP contribution in [0.15, 0.2) is 24.3 Å². The molecule has 0 aliphatic carbocycles. The maximum absolute atomic E-state index is 6.23. The van der Waals surface area contributed by atoms with E-state index < -0.39 is 0 Å². The minimum absolute atomic E-state index is 0.191. The van der Waals surface area contributed by atoms with Gasteiger partial charge in [0.1, 0.15) is 0 Å². The van der Waals surface area contributed by atoms with E-state index in [1.54, 1.807) is 0 Å². The van der Waals surface area contributed by atoms with Crippen LogP contribution >= 0.6 is 0 Å². The number of hydrogen-bond donors (Lipinski definition) is 1. The molecular formula is C13H21N. The minimum atomic E-state index is 0.191. The van der Waals surface area contributed by atoms with E-state index >= 15 is 0 Å². The van der Waals surface area contributed by atoms with Gasteiger partial charge in [0, 0.05) is 6.04 Å². The van der Waals surface area contributed by atoms with Crippen LogP contribution in [0.25, 0.3) is 0 Å². The molecule has 0 fully saturated rings. The molecule has 0 radical (unpaired) electrons. The van der Waals surface area contributed by atoms with Crippen molar-refractivity contribution in [2.75, 3.05) is 0 Å². The van der Waals surface area contributed by atoms with Gasteiger partial charge in [-0.1, -0.05) is 44.5 Å². The first-order chi connectivity index (χ1) is 6.66. The molecule has 14 heavy (non-hydrogen) atoms. The molecule has 1 heteroatoms. The van der Waals surface area contributed by atoms with Crippen molar-refractivity contribution in [1.82, 2.24) is 0 Å². The van der Waals surface area contributed by atoms with E-state index in [2.05, 4.69) is 45.0 Å². The third-order valence-corrected chi connectivity index (χ3v) is 2.90. The van der Waals surface area contributed by atoms with E-state index in [-0.39, 0.29) is 6.04 Å². The van der Waals surface area contributed by atoms with Gasteiger partial charge in [-0.15, -0.1) is 0 Å². The Balaban J connectivity index is 2.78. The van der Waals surface area contributed by atoms with E-state index in [0.29, 0.717) is 5.92 Å². The molecule has 2 N–H and O–H groups in total. The molecule has 0 spiro atoms. The zero-order valence-electron chi connectivity index (χ0n) is 9.46. The van der Waals surface area contributed by atoms with Crippen molar-refractivity contribution in [2.24, 2.45) is 11.7 Å². The van der Waals surface area contributed by atoms with Crippen molar-refractivity contribution >= 4 is 0 Å². The summed E-state index contributed by atoms with van der Waals surface area (Å²) in [4.78, 5) is 0. The third kappa shape index (κ3) is 2.58. The van der Waals surface area contributed by atoms with Gasteiger partial charge in [0.15, 0.2) is 0 Å². The first kappa shape index (κ1) is 11.3. The summed E-state index contributed by atoms with van der Waals surface area (Å²) < 4.78 is 0. The Morgan fingerprint density at radius 3 is 2.50 bits per heavy atom. The first-order valence-electron chi connectivity index (χ1n) is 5.48. The van der Waals surface area contributed by atoms with Crippen molar-refractivity contribution in [2.45, 2.75) is 39.7 Å². The zero-order chi connectivity index (χ0) is 10.6. The molecule has 1 nitrogen and oxygen atoms in total. The van der Waals surface area contributed by atoms with Crippen LogP contribution in [0.3, 0.4) is 0 Å². The zero-order valence-corrected chi connectivity index (χ0v) is 9.46. The Labute approximate surface area is 87.3 Å². The fourth-order valence-electron chi connectivity index (χ4n) is 1.90. The van der Waals surface area contributed by atoms with Crippen LogP contribution in [-0.2, 0) is 0 Å². The summed E-state index contributed by atoms with van der Waals surface area (Å²) in [6.07, 6.45) is 2.41. The molecule has 1 rings (SSSR count). The second-order valence-corrected chi connectivity index (χ2v) is 4.15. The van der Waals surface area contributed by atoms with Crippen LogP contribution in [0.4, 0.5) is 0 Å². The molecule has 0 aliphatic rings. The summed E-state index contributed by atoms with van der Waals surface area (Å²) >= 11 is 0. The van der Waals surface area contributed by atoms with Crippen LogP contribution in [-0.4, -0.2) is 0 Å². The molecule has 0 heterocycles. The lowest BCUT2D eigenvalue weighted by atomic mass is 9.89. The molecule has 0 bridgehead atoms. The van der Waals surface area contributed by atoms with Gasteiger partial charge in [0.2, 0.25) is 0 Å². The quantitative estimate of drug-likeness (QED) is 0.775. The molecule has 1 aromatic rings. The summed E-state index contributed by atoms with van der Waals surface area (Å²) in [5, 5.41) is 0. The van der Waals surface area contributed by atoms with Gasteiger partial charge in [-0.05, 0) is 30.4 Å². The minimum Gasteiger partial charge on any atom is -0.324 e. The van der Waals surface area contributed by atoms with Crippen LogP contribution < -0.4 is 5.73 Å². The van der Waals surface area contributed by atoms with E-state index in [4.69, 9.17) is 5.73 Å². The summed E-state index contributed by atoms with van der Waals surface area (Å²) in [5.74, 6) is 0.570. The van der Waals surface area contributed by atoms with Crippen molar-refractivity contribution in [3.05, 3.63) is 35.4 Å². The molecule has 2 unspecified atom stereocenters. The van der Waals surface area contributed by atoms with Crippen LogP contribution in [0.1, 0.15) is 43.9 Å². The maximum atomic E-state index is 6.23. The summed E-state index contributed by atoms with van der Waals surface area (Å²) in [5.41, 5.74) is 8.83. The number of rotatable bonds is 4. The largest absolute Gasteiger partial charge is 0.324 e. The fourth-order valence-corrected chi connectivity index (χ4v) is 1.90. The Bertz CT molecular complexity index is 280. The van der Waals surface area contributed by atoms with Gasteiger partial charge in [0.25, 0.3) is 0 Å². The normalized spacial score (nSPS) is 15.1. The molecule has 0 saturated heterocycles. The highest BCUT2D eigenvalue weighted by atomic mass is 14.6. The van der Waals surface area contributed by atoms with E-state index in [0.717, 1.165) is 0 Å². The second kappa shape index (κ2) is 5.16. The highest BCUT2D eigenvalue weighted by molar-refractivity contribution is 5.28. The van der Waals surface area contributed by atoms with E-state index in [1.807, 2.05) is 0 Å². The average Bonchev–Trinajstić information content (AvgIpc) is 2.18. The lowest BCUT2D eigenvalue weighted by molar-refractivity contribution is 0.432. The maximum Gasteiger partial charge on any atom is 0.0323 e. The van der Waals surface area contributed by atoms with Gasteiger partial charge < -0.3 is 5.73 Å². The smallest absolute Gasteiger partial charge is 0.0323 e. The summed E-state index contributed by atoms with van der Waals surface area (Å²) in [6, 6.07) is 8.60. The Hall–Kier alpha value is -0.820. The Morgan fingerprint density at radius 2 is 1.93 bits per heavy atom. The summed E-state index contributed by atoms with van der Waals surface area (Å²) in [7, 11) is 0. The number of aryl methyl sites for hydroxylation is 1. The topological polar surface area (TPSA) is 26.0 Å². The van der Waals surface area contributed by atoms with E-state index in [9.17, 15) is 0 Å². The molecule has 0 aromatic heterocycles. The molecule has 2 atom stereocenters. The van der Waals surface area contributed by atoms with Crippen LogP contribution in [0, 0.1) is 12.8 Å². The lowest BCUT2D eigenvalue weighted by Gasteiger charge is -2.21. The predicted molar refractivity (Wildman–Crippen MR) is 62.2 cm³/mol. The molecule has 0 saturated carbocycles. The fraction of sp³-hybridized carbons (Fsp3) is 0.538. The van der Waals surface area contributed by atoms with Gasteiger partial charge in [-0.3, -0.25) is 0 Å². The average molecular weight is 191 g/mol.